The number of aromatic amines is 1. The number of carbonyl (C=O) groups is 1. The van der Waals surface area contributed by atoms with Crippen molar-refractivity contribution in [2.24, 2.45) is 5.92 Å². The average molecular weight is 549 g/mol. The lowest BCUT2D eigenvalue weighted by Crippen LogP contribution is -2.44. The lowest BCUT2D eigenvalue weighted by atomic mass is 9.74. The number of thioether (sulfide) groups is 1. The van der Waals surface area contributed by atoms with Crippen molar-refractivity contribution in [3.63, 3.8) is 0 Å². The average Bonchev–Trinajstić information content (AvgIpc) is 3.28. The Balaban J connectivity index is 1.45. The number of fused-ring (bicyclic) bond motifs is 2. The molecule has 2 aliphatic heterocycles. The second kappa shape index (κ2) is 9.97. The molecule has 8 heteroatoms. The first-order valence-electron chi connectivity index (χ1n) is 15.3. The van der Waals surface area contributed by atoms with E-state index in [0.717, 1.165) is 36.1 Å². The van der Waals surface area contributed by atoms with Crippen LogP contribution < -0.4 is 10.3 Å². The molecular formula is C29H38ClN3O3S. The lowest BCUT2D eigenvalue weighted by Gasteiger charge is -2.40. The number of benzene rings is 1. The number of amides is 1. The highest BCUT2D eigenvalue weighted by Crippen LogP contribution is 2.50. The van der Waals surface area contributed by atoms with Gasteiger partial charge in [0.2, 0.25) is 0 Å². The molecule has 1 amide bonds. The van der Waals surface area contributed by atoms with Gasteiger partial charge in [-0.3, -0.25) is 9.59 Å². The highest BCUT2D eigenvalue weighted by Gasteiger charge is 2.46. The maximum absolute atomic E-state index is 14.0. The van der Waals surface area contributed by atoms with Gasteiger partial charge in [-0.1, -0.05) is 11.6 Å². The van der Waals surface area contributed by atoms with E-state index in [-0.39, 0.29) is 30.5 Å². The van der Waals surface area contributed by atoms with Crippen LogP contribution in [0.4, 0.5) is 0 Å². The van der Waals surface area contributed by atoms with Crippen LogP contribution in [0.1, 0.15) is 77.8 Å². The summed E-state index contributed by atoms with van der Waals surface area (Å²) in [6.07, 6.45) is 5.41. The second-order valence-corrected chi connectivity index (χ2v) is 12.1. The predicted octanol–water partition coefficient (Wildman–Crippen LogP) is 5.38. The fraction of sp³-hybridized carbons (Fsp3) is 0.586. The minimum atomic E-state index is -2.12. The predicted molar refractivity (Wildman–Crippen MR) is 150 cm³/mol. The quantitative estimate of drug-likeness (QED) is 0.508. The topological polar surface area (TPSA) is 65.6 Å². The van der Waals surface area contributed by atoms with Gasteiger partial charge in [0.15, 0.2) is 0 Å². The third kappa shape index (κ3) is 4.61. The van der Waals surface area contributed by atoms with Gasteiger partial charge in [-0.2, -0.15) is 0 Å². The molecule has 1 aromatic carbocycles. The van der Waals surface area contributed by atoms with Crippen molar-refractivity contribution in [1.82, 2.24) is 14.8 Å². The first kappa shape index (κ1) is 20.9. The van der Waals surface area contributed by atoms with Gasteiger partial charge in [-0.25, -0.2) is 0 Å². The lowest BCUT2D eigenvalue weighted by molar-refractivity contribution is 0.0158. The molecule has 1 fully saturated rings. The van der Waals surface area contributed by atoms with E-state index in [1.165, 1.54) is 16.7 Å². The van der Waals surface area contributed by atoms with Crippen molar-refractivity contribution in [1.29, 1.82) is 0 Å². The summed E-state index contributed by atoms with van der Waals surface area (Å²) in [6.45, 7) is 1.31. The standard InChI is InChI=1S/C29H38ClN3O3S/c1-16-13-23(37-6)22(27(34)31-16)15-33-12-11-20-24(28(33)35)17(2)26-21(25(20)30)14-29(3,36-26)18-7-9-19(10-8-18)32(4)5/h13,18-19H,7-12,14-15H2,1-6H3,(H,31,34)/i4D3,12D2. The monoisotopic (exact) mass is 548 g/mol. The van der Waals surface area contributed by atoms with Gasteiger partial charge in [0.05, 0.1) is 22.7 Å². The van der Waals surface area contributed by atoms with Crippen LogP contribution in [-0.2, 0) is 19.4 Å². The molecule has 1 aromatic heterocycles. The summed E-state index contributed by atoms with van der Waals surface area (Å²) in [5.41, 5.74) is 2.40. The van der Waals surface area contributed by atoms with Crippen LogP contribution in [0.2, 0.25) is 5.02 Å². The Labute approximate surface area is 236 Å². The van der Waals surface area contributed by atoms with Gasteiger partial charge in [0, 0.05) is 47.5 Å². The molecule has 0 spiro atoms. The van der Waals surface area contributed by atoms with Gasteiger partial charge >= 0.3 is 0 Å². The van der Waals surface area contributed by atoms with Crippen molar-refractivity contribution in [3.05, 3.63) is 55.0 Å². The number of aromatic nitrogens is 1. The Kier molecular flexibility index (Phi) is 5.64. The molecule has 6 nitrogen and oxygen atoms in total. The van der Waals surface area contributed by atoms with E-state index in [1.807, 2.05) is 19.2 Å². The third-order valence-electron chi connectivity index (χ3n) is 8.46. The number of pyridine rings is 1. The van der Waals surface area contributed by atoms with Crippen molar-refractivity contribution in [3.8, 4) is 5.75 Å². The molecule has 1 atom stereocenters. The van der Waals surface area contributed by atoms with Crippen LogP contribution in [0.3, 0.4) is 0 Å². The van der Waals surface area contributed by atoms with E-state index < -0.39 is 25.0 Å². The van der Waals surface area contributed by atoms with Crippen LogP contribution in [0.15, 0.2) is 15.8 Å². The summed E-state index contributed by atoms with van der Waals surface area (Å²) in [7, 11) is 1.66. The van der Waals surface area contributed by atoms with E-state index in [2.05, 4.69) is 11.9 Å². The number of hydrogen-bond acceptors (Lipinski definition) is 5. The van der Waals surface area contributed by atoms with Gasteiger partial charge in [0.1, 0.15) is 11.4 Å². The minimum absolute atomic E-state index is 0.0167. The highest BCUT2D eigenvalue weighted by molar-refractivity contribution is 7.98. The van der Waals surface area contributed by atoms with Gasteiger partial charge in [-0.05, 0) is 90.7 Å². The van der Waals surface area contributed by atoms with Gasteiger partial charge < -0.3 is 19.5 Å². The zero-order valence-electron chi connectivity index (χ0n) is 27.1. The summed E-state index contributed by atoms with van der Waals surface area (Å²) in [6, 6.07) is 1.81. The van der Waals surface area contributed by atoms with E-state index in [1.54, 1.807) is 14.0 Å². The molecule has 3 heterocycles. The zero-order valence-corrected chi connectivity index (χ0v) is 23.7. The second-order valence-electron chi connectivity index (χ2n) is 10.9. The number of nitrogens with zero attached hydrogens (tertiary/aromatic N) is 2. The molecule has 2 aromatic rings. The van der Waals surface area contributed by atoms with E-state index in [0.29, 0.717) is 50.0 Å². The molecule has 3 aliphatic rings. The fourth-order valence-electron chi connectivity index (χ4n) is 6.32. The number of ether oxygens (including phenoxy) is 1. The van der Waals surface area contributed by atoms with Crippen molar-refractivity contribution < 1.29 is 16.4 Å². The number of hydrogen-bond donors (Lipinski definition) is 1. The number of carbonyl (C=O) groups excluding carboxylic acids is 1. The van der Waals surface area contributed by atoms with E-state index in [9.17, 15) is 9.59 Å². The third-order valence-corrected chi connectivity index (χ3v) is 9.72. The molecule has 0 radical (unpaired) electrons. The molecular weight excluding hydrogens is 506 g/mol. The summed E-state index contributed by atoms with van der Waals surface area (Å²) >= 11 is 8.36. The minimum Gasteiger partial charge on any atom is -0.486 e. The molecule has 1 aliphatic carbocycles. The van der Waals surface area contributed by atoms with E-state index >= 15 is 0 Å². The molecule has 0 saturated heterocycles. The molecule has 200 valence electrons. The first-order valence-corrected chi connectivity index (χ1v) is 14.4. The number of nitrogens with one attached hydrogen (secondary N) is 1. The molecule has 37 heavy (non-hydrogen) atoms. The van der Waals surface area contributed by atoms with Gasteiger partial charge in [-0.15, -0.1) is 11.8 Å². The van der Waals surface area contributed by atoms with Crippen molar-refractivity contribution >= 4 is 29.3 Å². The smallest absolute Gasteiger partial charge is 0.254 e. The Morgan fingerprint density at radius 1 is 1.30 bits per heavy atom. The zero-order chi connectivity index (χ0) is 30.9. The molecule has 1 N–H and O–H groups in total. The highest BCUT2D eigenvalue weighted by atomic mass is 35.5. The maximum Gasteiger partial charge on any atom is 0.254 e. The Bertz CT molecular complexity index is 1490. The summed E-state index contributed by atoms with van der Waals surface area (Å²) in [4.78, 5) is 33.0. The van der Waals surface area contributed by atoms with Crippen LogP contribution in [0.25, 0.3) is 0 Å². The number of aryl methyl sites for hydroxylation is 1. The van der Waals surface area contributed by atoms with Gasteiger partial charge in [0.25, 0.3) is 11.5 Å². The fourth-order valence-corrected chi connectivity index (χ4v) is 7.33. The molecule has 1 saturated carbocycles. The summed E-state index contributed by atoms with van der Waals surface area (Å²) in [5.74, 6) is 0.244. The van der Waals surface area contributed by atoms with Crippen molar-refractivity contribution in [2.45, 2.75) is 82.4 Å². The van der Waals surface area contributed by atoms with E-state index in [4.69, 9.17) is 23.2 Å². The molecule has 1 unspecified atom stereocenters. The normalized spacial score (nSPS) is 29.0. The van der Waals surface area contributed by atoms with Crippen molar-refractivity contribution in [2.75, 3.05) is 26.8 Å². The number of halogens is 1. The Morgan fingerprint density at radius 2 is 2.03 bits per heavy atom. The molecule has 5 rings (SSSR count). The SMILES string of the molecule is [2H]C([2H])([2H])N(C)C1CCC(C2(C)Cc3c(Cl)c4c(c(C)c3O2)C(=O)N(Cc2c(SC)cc(C)[nH]c2=O)C([2H])([2H])C4)CC1. The largest absolute Gasteiger partial charge is 0.486 e. The summed E-state index contributed by atoms with van der Waals surface area (Å²) in [5, 5.41) is 0.375. The van der Waals surface area contributed by atoms with Crippen LogP contribution in [0.5, 0.6) is 5.75 Å². The Hall–Kier alpha value is -1.96. The first-order chi connectivity index (χ1) is 19.5. The maximum atomic E-state index is 14.0. The molecule has 0 bridgehead atoms. The number of rotatable bonds is 5. The van der Waals surface area contributed by atoms with Crippen LogP contribution in [0, 0.1) is 19.8 Å². The number of H-pyrrole nitrogens is 1. The summed E-state index contributed by atoms with van der Waals surface area (Å²) < 4.78 is 47.6. The Morgan fingerprint density at radius 3 is 2.70 bits per heavy atom. The van der Waals surface area contributed by atoms with Crippen LogP contribution >= 0.6 is 23.4 Å². The van der Waals surface area contributed by atoms with Crippen LogP contribution in [-0.4, -0.2) is 59.1 Å².